The molecular weight excluding hydrogens is 367 g/mol. The van der Waals surface area contributed by atoms with E-state index in [2.05, 4.69) is 0 Å². The maximum absolute atomic E-state index is 14.0. The van der Waals surface area contributed by atoms with Gasteiger partial charge in [0.25, 0.3) is 0 Å². The molecule has 0 aliphatic carbocycles. The predicted octanol–water partition coefficient (Wildman–Crippen LogP) is 5.52. The molecule has 152 valence electrons. The summed E-state index contributed by atoms with van der Waals surface area (Å²) < 4.78 is 47.0. The van der Waals surface area contributed by atoms with Crippen molar-refractivity contribution >= 4 is 5.97 Å². The van der Waals surface area contributed by atoms with Crippen molar-refractivity contribution in [2.45, 2.75) is 45.8 Å². The van der Waals surface area contributed by atoms with Gasteiger partial charge in [-0.15, -0.1) is 0 Å². The topological polar surface area (TPSA) is 52.3 Å². The Balaban J connectivity index is 2.77. The molecule has 28 heavy (non-hydrogen) atoms. The summed E-state index contributed by atoms with van der Waals surface area (Å²) in [6, 6.07) is 12.0. The highest BCUT2D eigenvalue weighted by Gasteiger charge is 2.40. The van der Waals surface area contributed by atoms with E-state index >= 15 is 0 Å². The average Bonchev–Trinajstić information content (AvgIpc) is 2.65. The first-order chi connectivity index (χ1) is 13.2. The zero-order chi connectivity index (χ0) is 20.9. The summed E-state index contributed by atoms with van der Waals surface area (Å²) in [5.41, 5.74) is 6.13. The van der Waals surface area contributed by atoms with Crippen LogP contribution >= 0.6 is 0 Å². The fourth-order valence-corrected chi connectivity index (χ4v) is 3.37. The molecule has 0 spiro atoms. The second-order valence-corrected chi connectivity index (χ2v) is 7.10. The van der Waals surface area contributed by atoms with Gasteiger partial charge in [-0.25, -0.2) is 0 Å². The Bertz CT molecular complexity index is 801. The highest BCUT2D eigenvalue weighted by atomic mass is 19.4. The van der Waals surface area contributed by atoms with E-state index in [1.807, 2.05) is 44.2 Å². The highest BCUT2D eigenvalue weighted by Crippen LogP contribution is 2.42. The molecule has 0 aliphatic rings. The van der Waals surface area contributed by atoms with Crippen LogP contribution in [0.15, 0.2) is 42.5 Å². The van der Waals surface area contributed by atoms with E-state index in [9.17, 15) is 18.0 Å². The van der Waals surface area contributed by atoms with Crippen LogP contribution in [0.25, 0.3) is 11.1 Å². The molecule has 0 radical (unpaired) electrons. The molecule has 2 N–H and O–H groups in total. The smallest absolute Gasteiger partial charge is 0.417 e. The van der Waals surface area contributed by atoms with Gasteiger partial charge in [-0.1, -0.05) is 44.2 Å². The van der Waals surface area contributed by atoms with E-state index in [1.165, 1.54) is 12.1 Å². The second kappa shape index (κ2) is 9.24. The number of alkyl halides is 3. The molecule has 0 bridgehead atoms. The van der Waals surface area contributed by atoms with E-state index < -0.39 is 23.6 Å². The molecule has 3 nitrogen and oxygen atoms in total. The third kappa shape index (κ3) is 5.13. The van der Waals surface area contributed by atoms with Gasteiger partial charge in [-0.2, -0.15) is 13.2 Å². The Morgan fingerprint density at radius 1 is 1.11 bits per heavy atom. The van der Waals surface area contributed by atoms with Gasteiger partial charge in [0.2, 0.25) is 0 Å². The number of ether oxygens (including phenoxy) is 1. The minimum Gasteiger partial charge on any atom is -0.466 e. The van der Waals surface area contributed by atoms with Crippen LogP contribution in [0.3, 0.4) is 0 Å². The molecule has 0 amide bonds. The summed E-state index contributed by atoms with van der Waals surface area (Å²) in [6.45, 7) is 5.20. The van der Waals surface area contributed by atoms with Crippen molar-refractivity contribution in [3.8, 4) is 11.1 Å². The minimum atomic E-state index is -4.62. The molecule has 0 fully saturated rings. The van der Waals surface area contributed by atoms with E-state index in [0.717, 1.165) is 5.56 Å². The quantitative estimate of drug-likeness (QED) is 0.630. The van der Waals surface area contributed by atoms with Crippen LogP contribution in [0.1, 0.15) is 49.8 Å². The lowest BCUT2D eigenvalue weighted by Crippen LogP contribution is -2.24. The zero-order valence-electron chi connectivity index (χ0n) is 16.3. The van der Waals surface area contributed by atoms with Gasteiger partial charge in [0, 0.05) is 6.54 Å². The normalized spacial score (nSPS) is 12.9. The molecular formula is C22H26F3NO2. The van der Waals surface area contributed by atoms with Crippen molar-refractivity contribution in [1.29, 1.82) is 0 Å². The maximum atomic E-state index is 14.0. The van der Waals surface area contributed by atoms with Crippen LogP contribution in [-0.2, 0) is 22.3 Å². The lowest BCUT2D eigenvalue weighted by molar-refractivity contribution is -0.146. The van der Waals surface area contributed by atoms with Gasteiger partial charge in [0.15, 0.2) is 0 Å². The molecule has 1 unspecified atom stereocenters. The fraction of sp³-hybridized carbons (Fsp3) is 0.409. The number of carbonyl (C=O) groups is 1. The van der Waals surface area contributed by atoms with Crippen LogP contribution in [-0.4, -0.2) is 12.6 Å². The van der Waals surface area contributed by atoms with E-state index in [1.54, 1.807) is 6.92 Å². The number of hydrogen-bond acceptors (Lipinski definition) is 3. The van der Waals surface area contributed by atoms with Crippen molar-refractivity contribution in [3.05, 3.63) is 59.2 Å². The van der Waals surface area contributed by atoms with Crippen LogP contribution in [0, 0.1) is 5.92 Å². The summed E-state index contributed by atoms with van der Waals surface area (Å²) in [6.07, 6.45) is -4.37. The molecule has 0 saturated heterocycles. The van der Waals surface area contributed by atoms with Crippen LogP contribution in [0.5, 0.6) is 0 Å². The fourth-order valence-electron chi connectivity index (χ4n) is 3.37. The Labute approximate surface area is 163 Å². The molecule has 0 saturated carbocycles. The first-order valence-corrected chi connectivity index (χ1v) is 9.35. The third-order valence-electron chi connectivity index (χ3n) is 4.51. The van der Waals surface area contributed by atoms with Gasteiger partial charge in [-0.3, -0.25) is 4.79 Å². The van der Waals surface area contributed by atoms with Crippen molar-refractivity contribution in [3.63, 3.8) is 0 Å². The number of halogens is 3. The molecule has 1 atom stereocenters. The van der Waals surface area contributed by atoms with Gasteiger partial charge >= 0.3 is 12.1 Å². The van der Waals surface area contributed by atoms with Crippen molar-refractivity contribution < 1.29 is 22.7 Å². The SMILES string of the molecule is CCOC(=O)C(CC(C)C)c1cc(-c2ccccc2)cc(CN)c1C(F)(F)F. The molecule has 0 heterocycles. The summed E-state index contributed by atoms with van der Waals surface area (Å²) in [5, 5.41) is 0. The first-order valence-electron chi connectivity index (χ1n) is 9.35. The highest BCUT2D eigenvalue weighted by molar-refractivity contribution is 5.80. The van der Waals surface area contributed by atoms with Crippen molar-refractivity contribution in [1.82, 2.24) is 0 Å². The lowest BCUT2D eigenvalue weighted by Gasteiger charge is -2.25. The van der Waals surface area contributed by atoms with Crippen LogP contribution in [0.2, 0.25) is 0 Å². The molecule has 0 aromatic heterocycles. The van der Waals surface area contributed by atoms with Gasteiger partial charge in [-0.05, 0) is 53.6 Å². The minimum absolute atomic E-state index is 0.0113. The van der Waals surface area contributed by atoms with Crippen LogP contribution < -0.4 is 5.73 Å². The Morgan fingerprint density at radius 3 is 2.25 bits per heavy atom. The first kappa shape index (κ1) is 22.0. The van der Waals surface area contributed by atoms with E-state index in [0.29, 0.717) is 5.56 Å². The number of esters is 1. The number of nitrogens with two attached hydrogens (primary N) is 1. The van der Waals surface area contributed by atoms with Crippen molar-refractivity contribution in [2.75, 3.05) is 6.61 Å². The summed E-state index contributed by atoms with van der Waals surface area (Å²) in [4.78, 5) is 12.6. The Hall–Kier alpha value is -2.34. The largest absolute Gasteiger partial charge is 0.466 e. The summed E-state index contributed by atoms with van der Waals surface area (Å²) in [7, 11) is 0. The number of hydrogen-bond donors (Lipinski definition) is 1. The standard InChI is InChI=1S/C22H26F3NO2/c1-4-28-21(27)19(10-14(2)3)18-12-16(15-8-6-5-7-9-15)11-17(13-26)20(18)22(23,24)25/h5-9,11-12,14,19H,4,10,13,26H2,1-3H3. The van der Waals surface area contributed by atoms with Crippen LogP contribution in [0.4, 0.5) is 13.2 Å². The summed E-state index contributed by atoms with van der Waals surface area (Å²) in [5.74, 6) is -1.64. The second-order valence-electron chi connectivity index (χ2n) is 7.10. The summed E-state index contributed by atoms with van der Waals surface area (Å²) >= 11 is 0. The van der Waals surface area contributed by atoms with E-state index in [4.69, 9.17) is 10.5 Å². The van der Waals surface area contributed by atoms with Gasteiger partial charge in [0.05, 0.1) is 18.1 Å². The molecule has 2 aromatic rings. The number of rotatable bonds is 7. The average molecular weight is 393 g/mol. The Kier molecular flexibility index (Phi) is 7.24. The van der Waals surface area contributed by atoms with Gasteiger partial charge < -0.3 is 10.5 Å². The molecule has 2 aromatic carbocycles. The van der Waals surface area contributed by atoms with Crippen molar-refractivity contribution in [2.24, 2.45) is 11.7 Å². The third-order valence-corrected chi connectivity index (χ3v) is 4.51. The number of benzene rings is 2. The zero-order valence-corrected chi connectivity index (χ0v) is 16.3. The van der Waals surface area contributed by atoms with E-state index in [-0.39, 0.29) is 36.6 Å². The Morgan fingerprint density at radius 2 is 1.75 bits per heavy atom. The molecule has 2 rings (SSSR count). The van der Waals surface area contributed by atoms with Gasteiger partial charge in [0.1, 0.15) is 0 Å². The molecule has 0 aliphatic heterocycles. The number of carbonyl (C=O) groups excluding carboxylic acids is 1. The monoisotopic (exact) mass is 393 g/mol. The maximum Gasteiger partial charge on any atom is 0.417 e. The molecule has 6 heteroatoms. The predicted molar refractivity (Wildman–Crippen MR) is 104 cm³/mol. The lowest BCUT2D eigenvalue weighted by atomic mass is 9.83.